The Balaban J connectivity index is 1.63. The minimum absolute atomic E-state index is 0.0774. The molecule has 0 saturated heterocycles. The molecule has 4 rings (SSSR count). The molecule has 1 aliphatic carbocycles. The van der Waals surface area contributed by atoms with Crippen LogP contribution < -0.4 is 10.5 Å². The van der Waals surface area contributed by atoms with Crippen LogP contribution in [0.15, 0.2) is 29.6 Å². The summed E-state index contributed by atoms with van der Waals surface area (Å²) >= 11 is 1.20. The van der Waals surface area contributed by atoms with Crippen LogP contribution in [0.25, 0.3) is 11.9 Å². The quantitative estimate of drug-likeness (QED) is 0.573. The number of amides is 1. The molecule has 9 nitrogen and oxygen atoms in total. The Kier molecular flexibility index (Phi) is 6.34. The van der Waals surface area contributed by atoms with E-state index in [2.05, 4.69) is 19.9 Å². The number of pyridine rings is 1. The number of carbonyl (C=O) groups is 2. The smallest absolute Gasteiger partial charge is 0.239 e. The van der Waals surface area contributed by atoms with Gasteiger partial charge in [0.05, 0.1) is 17.9 Å². The van der Waals surface area contributed by atoms with Crippen molar-refractivity contribution in [3.63, 3.8) is 0 Å². The van der Waals surface area contributed by atoms with E-state index < -0.39 is 22.1 Å². The summed E-state index contributed by atoms with van der Waals surface area (Å²) in [6.07, 6.45) is 5.18. The average molecular weight is 503 g/mol. The van der Waals surface area contributed by atoms with Crippen LogP contribution in [0.3, 0.4) is 0 Å². The van der Waals surface area contributed by atoms with Crippen LogP contribution in [0, 0.1) is 11.9 Å². The zero-order valence-corrected chi connectivity index (χ0v) is 20.4. The summed E-state index contributed by atoms with van der Waals surface area (Å²) in [6, 6.07) is 1.45. The van der Waals surface area contributed by atoms with E-state index in [1.54, 1.807) is 21.0 Å². The van der Waals surface area contributed by atoms with E-state index in [-0.39, 0.29) is 52.1 Å². The Hall–Kier alpha value is -3.41. The number of ketones is 1. The number of rotatable bonds is 7. The molecular formula is C23H24F2N6O3S. The summed E-state index contributed by atoms with van der Waals surface area (Å²) in [5.41, 5.74) is 5.24. The minimum atomic E-state index is -1.14. The zero-order valence-electron chi connectivity index (χ0n) is 19.6. The molecular weight excluding hydrogens is 478 g/mol. The molecule has 1 fully saturated rings. The van der Waals surface area contributed by atoms with Crippen LogP contribution in [-0.2, 0) is 15.1 Å². The van der Waals surface area contributed by atoms with Gasteiger partial charge < -0.3 is 15.4 Å². The Bertz CT molecular complexity index is 1250. The molecule has 1 saturated carbocycles. The van der Waals surface area contributed by atoms with Gasteiger partial charge in [-0.05, 0) is 38.0 Å². The van der Waals surface area contributed by atoms with E-state index >= 15 is 0 Å². The van der Waals surface area contributed by atoms with Gasteiger partial charge in [-0.2, -0.15) is 4.39 Å². The lowest BCUT2D eigenvalue weighted by atomic mass is 9.86. The van der Waals surface area contributed by atoms with Gasteiger partial charge in [-0.25, -0.2) is 19.3 Å². The Morgan fingerprint density at radius 3 is 2.66 bits per heavy atom. The Morgan fingerprint density at radius 2 is 2.03 bits per heavy atom. The molecule has 0 bridgehead atoms. The van der Waals surface area contributed by atoms with E-state index in [0.717, 1.165) is 12.3 Å². The highest BCUT2D eigenvalue weighted by atomic mass is 32.2. The number of nitrogens with zero attached hydrogens (tertiary/aromatic N) is 5. The second-order valence-corrected chi connectivity index (χ2v) is 10.2. The predicted octanol–water partition coefficient (Wildman–Crippen LogP) is 2.57. The molecule has 184 valence electrons. The van der Waals surface area contributed by atoms with Crippen LogP contribution in [-0.4, -0.2) is 62.2 Å². The van der Waals surface area contributed by atoms with Crippen molar-refractivity contribution in [3.8, 4) is 5.88 Å². The first-order valence-corrected chi connectivity index (χ1v) is 11.5. The van der Waals surface area contributed by atoms with Crippen LogP contribution in [0.5, 0.6) is 5.88 Å². The van der Waals surface area contributed by atoms with Crippen molar-refractivity contribution in [3.05, 3.63) is 47.4 Å². The normalized spacial score (nSPS) is 25.4. The van der Waals surface area contributed by atoms with Gasteiger partial charge in [0.25, 0.3) is 0 Å². The molecule has 3 atom stereocenters. The number of carbonyl (C=O) groups excluding carboxylic acids is 2. The molecule has 0 radical (unpaired) electrons. The average Bonchev–Trinajstić information content (AvgIpc) is 3.55. The topological polar surface area (TPSA) is 124 Å². The predicted molar refractivity (Wildman–Crippen MR) is 127 cm³/mol. The maximum absolute atomic E-state index is 14.9. The molecule has 0 spiro atoms. The maximum Gasteiger partial charge on any atom is 0.239 e. The first-order chi connectivity index (χ1) is 16.5. The number of halogens is 2. The lowest BCUT2D eigenvalue weighted by molar-refractivity contribution is -0.129. The number of aliphatic imine (C=N–C) groups is 1. The van der Waals surface area contributed by atoms with Gasteiger partial charge in [-0.3, -0.25) is 14.6 Å². The third-order valence-corrected chi connectivity index (χ3v) is 7.27. The summed E-state index contributed by atoms with van der Waals surface area (Å²) < 4.78 is 34.1. The standard InChI is InChI=1S/C23H24F2N6O3S/c1-12(32)11-34-18-10-27-16(9-28-18)15(24)6-13-5-14(19(25)29-8-13)22(2)17-7-23(17,20(33)31(3)4)35-21(26)30-22/h5-6,8-10,17H,7,11H2,1-4H3,(H2,26,30)/b15-6-/t17-,22+,23-/m0/s1. The van der Waals surface area contributed by atoms with Crippen molar-refractivity contribution in [1.82, 2.24) is 19.9 Å². The number of amidine groups is 1. The van der Waals surface area contributed by atoms with Gasteiger partial charge in [-0.1, -0.05) is 11.8 Å². The van der Waals surface area contributed by atoms with Gasteiger partial charge in [-0.15, -0.1) is 0 Å². The fourth-order valence-electron chi connectivity index (χ4n) is 4.24. The number of Topliss-reactive ketones (excluding diaryl/α,β-unsaturated/α-hetero) is 1. The van der Waals surface area contributed by atoms with Crippen LogP contribution in [0.4, 0.5) is 8.78 Å². The summed E-state index contributed by atoms with van der Waals surface area (Å²) in [5, 5.41) is 0.185. The summed E-state index contributed by atoms with van der Waals surface area (Å²) in [6.45, 7) is 2.91. The van der Waals surface area contributed by atoms with Crippen molar-refractivity contribution < 1.29 is 23.1 Å². The lowest BCUT2D eigenvalue weighted by Crippen LogP contribution is -2.43. The zero-order chi connectivity index (χ0) is 25.5. The number of fused-ring (bicyclic) bond motifs is 1. The highest BCUT2D eigenvalue weighted by Crippen LogP contribution is 2.66. The number of aromatic nitrogens is 3. The molecule has 0 unspecified atom stereocenters. The Labute approximate surface area is 204 Å². The number of hydrogen-bond donors (Lipinski definition) is 1. The molecule has 2 aliphatic rings. The van der Waals surface area contributed by atoms with E-state index in [4.69, 9.17) is 10.5 Å². The van der Waals surface area contributed by atoms with Crippen molar-refractivity contribution in [2.24, 2.45) is 16.6 Å². The molecule has 12 heteroatoms. The maximum atomic E-state index is 14.9. The molecule has 3 heterocycles. The number of ether oxygens (including phenoxy) is 1. The third kappa shape index (κ3) is 4.62. The first-order valence-electron chi connectivity index (χ1n) is 10.7. The minimum Gasteiger partial charge on any atom is -0.469 e. The largest absolute Gasteiger partial charge is 0.469 e. The van der Waals surface area contributed by atoms with Gasteiger partial charge in [0.15, 0.2) is 16.8 Å². The molecule has 0 aromatic carbocycles. The van der Waals surface area contributed by atoms with Crippen molar-refractivity contribution in [2.45, 2.75) is 30.6 Å². The summed E-state index contributed by atoms with van der Waals surface area (Å²) in [5.74, 6) is -2.00. The van der Waals surface area contributed by atoms with Crippen molar-refractivity contribution in [2.75, 3.05) is 20.7 Å². The number of nitrogens with two attached hydrogens (primary N) is 1. The number of thioether (sulfide) groups is 1. The van der Waals surface area contributed by atoms with E-state index in [9.17, 15) is 18.4 Å². The molecule has 2 N–H and O–H groups in total. The van der Waals surface area contributed by atoms with E-state index in [1.165, 1.54) is 42.0 Å². The van der Waals surface area contributed by atoms with Gasteiger partial charge in [0.2, 0.25) is 17.7 Å². The van der Waals surface area contributed by atoms with E-state index in [0.29, 0.717) is 6.42 Å². The highest BCUT2D eigenvalue weighted by Gasteiger charge is 2.71. The molecule has 2 aromatic heterocycles. The van der Waals surface area contributed by atoms with Gasteiger partial charge in [0.1, 0.15) is 17.0 Å². The van der Waals surface area contributed by atoms with Crippen LogP contribution in [0.2, 0.25) is 0 Å². The van der Waals surface area contributed by atoms with E-state index in [1.807, 2.05) is 0 Å². The molecule has 1 amide bonds. The Morgan fingerprint density at radius 1 is 1.29 bits per heavy atom. The SMILES string of the molecule is CC(=O)COc1cnc(/C(F)=C/c2cnc(F)c([C@@]3(C)N=C(N)S[C@@]4(C(=O)N(C)C)C[C@H]43)c2)cn1. The molecule has 2 aromatic rings. The second-order valence-electron chi connectivity index (χ2n) is 8.88. The lowest BCUT2D eigenvalue weighted by Gasteiger charge is -2.34. The van der Waals surface area contributed by atoms with Gasteiger partial charge >= 0.3 is 0 Å². The molecule has 1 aliphatic heterocycles. The summed E-state index contributed by atoms with van der Waals surface area (Å²) in [4.78, 5) is 41.5. The van der Waals surface area contributed by atoms with Crippen LogP contribution in [0.1, 0.15) is 37.1 Å². The summed E-state index contributed by atoms with van der Waals surface area (Å²) in [7, 11) is 3.32. The van der Waals surface area contributed by atoms with Gasteiger partial charge in [0, 0.05) is 31.8 Å². The third-order valence-electron chi connectivity index (χ3n) is 5.98. The fourth-order valence-corrected chi connectivity index (χ4v) is 5.74. The van der Waals surface area contributed by atoms with Crippen LogP contribution >= 0.6 is 11.8 Å². The second kappa shape index (κ2) is 8.99. The van der Waals surface area contributed by atoms with Crippen molar-refractivity contribution in [1.29, 1.82) is 0 Å². The highest BCUT2D eigenvalue weighted by molar-refractivity contribution is 8.15. The molecule has 35 heavy (non-hydrogen) atoms. The first kappa shape index (κ1) is 24.7. The van der Waals surface area contributed by atoms with Crippen molar-refractivity contribution >= 4 is 40.5 Å². The fraction of sp³-hybridized carbons (Fsp3) is 0.391. The number of hydrogen-bond acceptors (Lipinski definition) is 9. The monoisotopic (exact) mass is 502 g/mol.